The minimum absolute atomic E-state index is 0.0482. The maximum Gasteiger partial charge on any atom is 0.434 e. The molecule has 0 amide bonds. The molecule has 0 bridgehead atoms. The van der Waals surface area contributed by atoms with Crippen molar-refractivity contribution in [2.24, 2.45) is 0 Å². The highest BCUT2D eigenvalue weighted by atomic mass is 79.9. The Morgan fingerprint density at radius 2 is 1.91 bits per heavy atom. The number of halogens is 5. The fourth-order valence-corrected chi connectivity index (χ4v) is 5.21. The average molecular weight is 597 g/mol. The molecule has 0 fully saturated rings. The molecule has 2 aromatic carbocycles. The van der Waals surface area contributed by atoms with Crippen LogP contribution in [0.15, 0.2) is 44.4 Å². The van der Waals surface area contributed by atoms with Crippen LogP contribution in [0.3, 0.4) is 0 Å². The smallest absolute Gasteiger partial charge is 0.391 e. The first kappa shape index (κ1) is 29.3. The second kappa shape index (κ2) is 12.3. The number of H-pyrrole nitrogens is 1. The summed E-state index contributed by atoms with van der Waals surface area (Å²) in [4.78, 5) is 11.4. The monoisotopic (exact) mass is 595 g/mol. The van der Waals surface area contributed by atoms with Crippen molar-refractivity contribution in [1.29, 1.82) is 0 Å². The zero-order chi connectivity index (χ0) is 26.5. The van der Waals surface area contributed by atoms with Gasteiger partial charge in [0.15, 0.2) is 0 Å². The molecule has 3 atom stereocenters. The molecule has 0 saturated heterocycles. The van der Waals surface area contributed by atoms with E-state index < -0.39 is 51.3 Å². The summed E-state index contributed by atoms with van der Waals surface area (Å²) in [7, 11) is -2.23. The fraction of sp³-hybridized carbons (Fsp3) is 0.391. The van der Waals surface area contributed by atoms with E-state index in [1.165, 1.54) is 18.2 Å². The molecule has 6 nitrogen and oxygen atoms in total. The maximum atomic E-state index is 14.8. The molecule has 3 unspecified atom stereocenters. The van der Waals surface area contributed by atoms with E-state index in [2.05, 4.69) is 30.8 Å². The molecular weight excluding hydrogens is 571 g/mol. The van der Waals surface area contributed by atoms with Crippen molar-refractivity contribution < 1.29 is 21.8 Å². The van der Waals surface area contributed by atoms with Crippen molar-refractivity contribution in [3.8, 4) is 0 Å². The predicted octanol–water partition coefficient (Wildman–Crippen LogP) is 6.44. The second-order valence-corrected chi connectivity index (χ2v) is 9.70. The number of alkyl halides is 3. The zero-order valence-corrected chi connectivity index (χ0v) is 22.9. The first-order chi connectivity index (χ1) is 16.5. The third-order valence-electron chi connectivity index (χ3n) is 5.35. The molecule has 3 rings (SSSR count). The van der Waals surface area contributed by atoms with E-state index in [0.717, 1.165) is 11.6 Å². The SMILES string of the molecule is CC.Cc1ccc(F)c(C(C)C(NS(=O)c2ccc(Cl)cc2C(F)(F)CBr)c2n[nH]c(=O)o2)c1C. The van der Waals surface area contributed by atoms with Crippen LogP contribution < -0.4 is 10.5 Å². The van der Waals surface area contributed by atoms with Crippen LogP contribution in [-0.2, 0) is 16.9 Å². The highest BCUT2D eigenvalue weighted by molar-refractivity contribution is 9.09. The van der Waals surface area contributed by atoms with E-state index in [9.17, 15) is 22.2 Å². The van der Waals surface area contributed by atoms with Crippen LogP contribution in [0.25, 0.3) is 0 Å². The van der Waals surface area contributed by atoms with Gasteiger partial charge in [-0.25, -0.2) is 32.0 Å². The van der Waals surface area contributed by atoms with E-state index >= 15 is 0 Å². The molecule has 192 valence electrons. The van der Waals surface area contributed by atoms with Gasteiger partial charge in [0.1, 0.15) is 22.8 Å². The molecule has 0 aliphatic carbocycles. The molecule has 3 aromatic rings. The van der Waals surface area contributed by atoms with E-state index in [-0.39, 0.29) is 21.4 Å². The zero-order valence-electron chi connectivity index (χ0n) is 19.7. The van der Waals surface area contributed by atoms with Gasteiger partial charge in [-0.05, 0) is 54.8 Å². The highest BCUT2D eigenvalue weighted by Gasteiger charge is 2.36. The van der Waals surface area contributed by atoms with Gasteiger partial charge in [-0.15, -0.1) is 5.10 Å². The summed E-state index contributed by atoms with van der Waals surface area (Å²) < 4.78 is 64.9. The number of aryl methyl sites for hydroxylation is 1. The van der Waals surface area contributed by atoms with Crippen LogP contribution in [0, 0.1) is 19.7 Å². The van der Waals surface area contributed by atoms with Gasteiger partial charge < -0.3 is 4.42 Å². The van der Waals surface area contributed by atoms with Crippen molar-refractivity contribution in [2.45, 2.75) is 57.4 Å². The maximum absolute atomic E-state index is 14.8. The summed E-state index contributed by atoms with van der Waals surface area (Å²) in [5, 5.41) is 5.24. The Morgan fingerprint density at radius 3 is 2.49 bits per heavy atom. The number of aromatic amines is 1. The Bertz CT molecular complexity index is 1250. The Kier molecular flexibility index (Phi) is 10.3. The van der Waals surface area contributed by atoms with Gasteiger partial charge in [-0.1, -0.05) is 54.4 Å². The number of aromatic nitrogens is 2. The minimum Gasteiger partial charge on any atom is -0.391 e. The topological polar surface area (TPSA) is 88.0 Å². The van der Waals surface area contributed by atoms with Crippen LogP contribution in [-0.4, -0.2) is 19.7 Å². The number of hydrogen-bond acceptors (Lipinski definition) is 4. The first-order valence-electron chi connectivity index (χ1n) is 10.7. The van der Waals surface area contributed by atoms with Crippen molar-refractivity contribution >= 4 is 38.5 Å². The van der Waals surface area contributed by atoms with Crippen LogP contribution in [0.5, 0.6) is 0 Å². The molecule has 0 aliphatic heterocycles. The van der Waals surface area contributed by atoms with Crippen molar-refractivity contribution in [3.63, 3.8) is 0 Å². The number of nitrogens with one attached hydrogen (secondary N) is 2. The number of benzene rings is 2. The molecule has 0 saturated carbocycles. The highest BCUT2D eigenvalue weighted by Crippen LogP contribution is 2.38. The van der Waals surface area contributed by atoms with Gasteiger partial charge >= 0.3 is 5.76 Å². The molecule has 1 aromatic heterocycles. The van der Waals surface area contributed by atoms with E-state index in [1.54, 1.807) is 19.9 Å². The van der Waals surface area contributed by atoms with Gasteiger partial charge in [-0.3, -0.25) is 0 Å². The standard InChI is InChI=1S/C21H20BrClF3N3O3S.C2H6/c1-10-4-6-15(24)17(11(10)2)12(3)18(19-27-28-20(30)32-19)29-33(31)16-7-5-13(23)8-14(16)21(25,26)9-22;1-2/h4-8,12,18,29H,9H2,1-3H3,(H,28,30);1-2H3. The molecule has 1 heterocycles. The molecule has 0 radical (unpaired) electrons. The summed E-state index contributed by atoms with van der Waals surface area (Å²) >= 11 is 8.66. The molecule has 2 N–H and O–H groups in total. The Balaban J connectivity index is 0.00000210. The number of hydrogen-bond donors (Lipinski definition) is 2. The van der Waals surface area contributed by atoms with E-state index in [1.807, 2.05) is 20.8 Å². The van der Waals surface area contributed by atoms with E-state index in [4.69, 9.17) is 16.0 Å². The molecule has 35 heavy (non-hydrogen) atoms. The third-order valence-corrected chi connectivity index (χ3v) is 7.51. The lowest BCUT2D eigenvalue weighted by Crippen LogP contribution is -2.31. The van der Waals surface area contributed by atoms with Crippen molar-refractivity contribution in [3.05, 3.63) is 79.9 Å². The minimum atomic E-state index is -3.36. The Morgan fingerprint density at radius 1 is 1.26 bits per heavy atom. The van der Waals surface area contributed by atoms with Gasteiger partial charge in [0.05, 0.1) is 10.2 Å². The largest absolute Gasteiger partial charge is 0.434 e. The lowest BCUT2D eigenvalue weighted by atomic mass is 9.88. The third kappa shape index (κ3) is 6.63. The quantitative estimate of drug-likeness (QED) is 0.293. The summed E-state index contributed by atoms with van der Waals surface area (Å²) in [6.07, 6.45) is 0. The second-order valence-electron chi connectivity index (χ2n) is 7.49. The summed E-state index contributed by atoms with van der Waals surface area (Å²) in [5.74, 6) is -5.68. The van der Waals surface area contributed by atoms with Crippen molar-refractivity contribution in [2.75, 3.05) is 5.33 Å². The summed E-state index contributed by atoms with van der Waals surface area (Å²) in [6, 6.07) is 5.42. The lowest BCUT2D eigenvalue weighted by molar-refractivity contribution is 0.0216. The molecule has 12 heteroatoms. The Hall–Kier alpha value is -1.95. The average Bonchev–Trinajstić information content (AvgIpc) is 3.26. The van der Waals surface area contributed by atoms with Crippen LogP contribution in [0.2, 0.25) is 5.02 Å². The van der Waals surface area contributed by atoms with Crippen molar-refractivity contribution in [1.82, 2.24) is 14.9 Å². The predicted molar refractivity (Wildman–Crippen MR) is 134 cm³/mol. The number of nitrogens with zero attached hydrogens (tertiary/aromatic N) is 1. The van der Waals surface area contributed by atoms with Gasteiger partial charge in [0.2, 0.25) is 5.89 Å². The molecular formula is C23H26BrClF3N3O3S. The van der Waals surface area contributed by atoms with Crippen LogP contribution in [0.4, 0.5) is 13.2 Å². The summed E-state index contributed by atoms with van der Waals surface area (Å²) in [5.41, 5.74) is 1.22. The summed E-state index contributed by atoms with van der Waals surface area (Å²) in [6.45, 7) is 9.17. The van der Waals surface area contributed by atoms with Crippen LogP contribution >= 0.6 is 27.5 Å². The van der Waals surface area contributed by atoms with Gasteiger partial charge in [0.25, 0.3) is 5.92 Å². The lowest BCUT2D eigenvalue weighted by Gasteiger charge is -2.25. The molecule has 0 spiro atoms. The first-order valence-corrected chi connectivity index (χ1v) is 13.3. The van der Waals surface area contributed by atoms with Gasteiger partial charge in [-0.2, -0.15) is 0 Å². The van der Waals surface area contributed by atoms with Gasteiger partial charge in [0, 0.05) is 16.5 Å². The number of rotatable bonds is 8. The Labute approximate surface area is 217 Å². The van der Waals surface area contributed by atoms with Crippen LogP contribution in [0.1, 0.15) is 60.9 Å². The fourth-order valence-electron chi connectivity index (χ4n) is 3.47. The molecule has 0 aliphatic rings. The van der Waals surface area contributed by atoms with E-state index in [0.29, 0.717) is 5.56 Å². The normalized spacial score (nSPS) is 14.1.